The lowest BCUT2D eigenvalue weighted by Crippen LogP contribution is -2.41. The monoisotopic (exact) mass is 373 g/mol. The first-order chi connectivity index (χ1) is 12.7. The summed E-state index contributed by atoms with van der Waals surface area (Å²) in [5, 5.41) is 0.950. The molecule has 1 aliphatic rings. The zero-order chi connectivity index (χ0) is 19.8. The fourth-order valence-corrected chi connectivity index (χ4v) is 3.59. The van der Waals surface area contributed by atoms with E-state index in [2.05, 4.69) is 0 Å². The number of esters is 1. The maximum absolute atomic E-state index is 12.3. The van der Waals surface area contributed by atoms with E-state index < -0.39 is 11.6 Å². The van der Waals surface area contributed by atoms with Crippen LogP contribution in [0.4, 0.5) is 4.79 Å². The maximum atomic E-state index is 12.3. The zero-order valence-corrected chi connectivity index (χ0v) is 16.6. The molecule has 146 valence electrons. The molecule has 0 aliphatic carbocycles. The van der Waals surface area contributed by atoms with Crippen molar-refractivity contribution in [1.82, 2.24) is 4.90 Å². The van der Waals surface area contributed by atoms with Crippen LogP contribution in [-0.4, -0.2) is 42.8 Å². The van der Waals surface area contributed by atoms with Gasteiger partial charge in [-0.25, -0.2) is 9.59 Å². The van der Waals surface area contributed by atoms with Crippen molar-refractivity contribution in [1.29, 1.82) is 0 Å². The number of fused-ring (bicyclic) bond motifs is 1. The number of hydrogen-bond acceptors (Lipinski definition) is 5. The van der Waals surface area contributed by atoms with Crippen LogP contribution in [-0.2, 0) is 9.47 Å². The smallest absolute Gasteiger partial charge is 0.410 e. The Hall–Kier alpha value is -2.50. The Balaban J connectivity index is 1.80. The van der Waals surface area contributed by atoms with Gasteiger partial charge < -0.3 is 18.8 Å². The van der Waals surface area contributed by atoms with Gasteiger partial charge in [0.1, 0.15) is 22.5 Å². The number of ether oxygens (including phenoxy) is 2. The summed E-state index contributed by atoms with van der Waals surface area (Å²) in [7, 11) is 1.37. The van der Waals surface area contributed by atoms with Gasteiger partial charge in [0.25, 0.3) is 0 Å². The molecule has 27 heavy (non-hydrogen) atoms. The Bertz CT molecular complexity index is 853. The van der Waals surface area contributed by atoms with E-state index >= 15 is 0 Å². The summed E-state index contributed by atoms with van der Waals surface area (Å²) in [6.45, 7) is 8.79. The normalized spacial score (nSPS) is 15.8. The second kappa shape index (κ2) is 7.25. The fourth-order valence-electron chi connectivity index (χ4n) is 3.59. The third-order valence-corrected chi connectivity index (χ3v) is 4.83. The molecular formula is C21H27NO5. The summed E-state index contributed by atoms with van der Waals surface area (Å²) in [6, 6.07) is 5.72. The van der Waals surface area contributed by atoms with E-state index in [9.17, 15) is 9.59 Å². The van der Waals surface area contributed by atoms with Crippen LogP contribution in [0.5, 0.6) is 0 Å². The largest absolute Gasteiger partial charge is 0.465 e. The topological polar surface area (TPSA) is 69.0 Å². The lowest BCUT2D eigenvalue weighted by atomic mass is 9.87. The van der Waals surface area contributed by atoms with E-state index in [0.717, 1.165) is 29.6 Å². The van der Waals surface area contributed by atoms with Crippen molar-refractivity contribution in [3.63, 3.8) is 0 Å². The summed E-state index contributed by atoms with van der Waals surface area (Å²) in [6.07, 6.45) is 1.43. The van der Waals surface area contributed by atoms with Gasteiger partial charge >= 0.3 is 12.1 Å². The molecule has 1 fully saturated rings. The van der Waals surface area contributed by atoms with Crippen LogP contribution >= 0.6 is 0 Å². The minimum absolute atomic E-state index is 0.258. The lowest BCUT2D eigenvalue weighted by Gasteiger charge is -2.33. The fraction of sp³-hybridized carbons (Fsp3) is 0.524. The number of aryl methyl sites for hydroxylation is 1. The van der Waals surface area contributed by atoms with Crippen molar-refractivity contribution < 1.29 is 23.5 Å². The average molecular weight is 373 g/mol. The van der Waals surface area contributed by atoms with Gasteiger partial charge in [0.2, 0.25) is 0 Å². The van der Waals surface area contributed by atoms with Gasteiger partial charge in [0, 0.05) is 18.5 Å². The highest BCUT2D eigenvalue weighted by Crippen LogP contribution is 2.36. The predicted octanol–water partition coefficient (Wildman–Crippen LogP) is 4.64. The third kappa shape index (κ3) is 4.10. The van der Waals surface area contributed by atoms with E-state index in [4.69, 9.17) is 13.9 Å². The molecule has 0 unspecified atom stereocenters. The number of carbonyl (C=O) groups excluding carboxylic acids is 2. The molecule has 6 heteroatoms. The van der Waals surface area contributed by atoms with Gasteiger partial charge in [-0.05, 0) is 64.2 Å². The Labute approximate surface area is 159 Å². The molecule has 3 rings (SSSR count). The van der Waals surface area contributed by atoms with Crippen molar-refractivity contribution in [3.05, 3.63) is 35.1 Å². The van der Waals surface area contributed by atoms with Gasteiger partial charge in [-0.3, -0.25) is 0 Å². The summed E-state index contributed by atoms with van der Waals surface area (Å²) in [4.78, 5) is 26.0. The summed E-state index contributed by atoms with van der Waals surface area (Å²) in [5.41, 5.74) is 1.68. The number of furan rings is 1. The molecule has 0 atom stereocenters. The number of benzene rings is 1. The second-order valence-corrected chi connectivity index (χ2v) is 8.04. The number of nitrogens with zero attached hydrogens (tertiary/aromatic N) is 1. The average Bonchev–Trinajstić information content (AvgIpc) is 3.00. The van der Waals surface area contributed by atoms with Gasteiger partial charge in [-0.15, -0.1) is 0 Å². The van der Waals surface area contributed by atoms with Gasteiger partial charge in [-0.2, -0.15) is 0 Å². The Morgan fingerprint density at radius 1 is 1.19 bits per heavy atom. The molecule has 0 N–H and O–H groups in total. The summed E-state index contributed by atoms with van der Waals surface area (Å²) < 4.78 is 16.1. The Morgan fingerprint density at radius 3 is 2.44 bits per heavy atom. The molecule has 1 aliphatic heterocycles. The highest BCUT2D eigenvalue weighted by molar-refractivity contribution is 6.03. The van der Waals surface area contributed by atoms with Gasteiger partial charge in [0.15, 0.2) is 0 Å². The lowest BCUT2D eigenvalue weighted by molar-refractivity contribution is 0.0205. The minimum atomic E-state index is -0.488. The molecule has 0 radical (unpaired) electrons. The quantitative estimate of drug-likeness (QED) is 0.717. The Kier molecular flexibility index (Phi) is 5.18. The number of rotatable bonds is 2. The first-order valence-corrected chi connectivity index (χ1v) is 9.29. The van der Waals surface area contributed by atoms with Crippen LogP contribution < -0.4 is 0 Å². The minimum Gasteiger partial charge on any atom is -0.465 e. The van der Waals surface area contributed by atoms with Crippen molar-refractivity contribution in [2.45, 2.75) is 52.1 Å². The number of hydrogen-bond donors (Lipinski definition) is 0. The number of methoxy groups -OCH3 is 1. The second-order valence-electron chi connectivity index (χ2n) is 8.04. The molecule has 0 spiro atoms. The molecule has 0 saturated carbocycles. The van der Waals surface area contributed by atoms with Crippen molar-refractivity contribution in [3.8, 4) is 0 Å². The SMILES string of the molecule is COC(=O)c1ccc(C2CCN(C(=O)OC(C)(C)C)CC2)c2cc(C)oc12. The molecule has 2 heterocycles. The van der Waals surface area contributed by atoms with Crippen molar-refractivity contribution >= 4 is 23.0 Å². The van der Waals surface area contributed by atoms with E-state index in [1.54, 1.807) is 11.0 Å². The number of likely N-dealkylation sites (tertiary alicyclic amines) is 1. The first-order valence-electron chi connectivity index (χ1n) is 9.29. The zero-order valence-electron chi connectivity index (χ0n) is 16.6. The molecule has 1 amide bonds. The first kappa shape index (κ1) is 19.3. The molecule has 1 saturated heterocycles. The van der Waals surface area contributed by atoms with Gasteiger partial charge in [0.05, 0.1) is 7.11 Å². The van der Waals surface area contributed by atoms with E-state index in [-0.39, 0.29) is 6.09 Å². The number of amides is 1. The number of piperidine rings is 1. The van der Waals surface area contributed by atoms with Crippen LogP contribution in [0.2, 0.25) is 0 Å². The molecule has 0 bridgehead atoms. The number of carbonyl (C=O) groups is 2. The van der Waals surface area contributed by atoms with Crippen LogP contribution in [0.15, 0.2) is 22.6 Å². The van der Waals surface area contributed by atoms with Crippen molar-refractivity contribution in [2.75, 3.05) is 20.2 Å². The van der Waals surface area contributed by atoms with Crippen molar-refractivity contribution in [2.24, 2.45) is 0 Å². The predicted molar refractivity (Wildman–Crippen MR) is 102 cm³/mol. The summed E-state index contributed by atoms with van der Waals surface area (Å²) >= 11 is 0. The van der Waals surface area contributed by atoms with Crippen LogP contribution in [0.3, 0.4) is 0 Å². The third-order valence-electron chi connectivity index (χ3n) is 4.83. The molecule has 1 aromatic heterocycles. The molecule has 6 nitrogen and oxygen atoms in total. The Morgan fingerprint density at radius 2 is 1.85 bits per heavy atom. The van der Waals surface area contributed by atoms with E-state index in [1.807, 2.05) is 39.8 Å². The highest BCUT2D eigenvalue weighted by atomic mass is 16.6. The maximum Gasteiger partial charge on any atom is 0.410 e. The van der Waals surface area contributed by atoms with Gasteiger partial charge in [-0.1, -0.05) is 6.07 Å². The van der Waals surface area contributed by atoms with E-state index in [0.29, 0.717) is 30.2 Å². The van der Waals surface area contributed by atoms with Crippen LogP contribution in [0.1, 0.15) is 61.2 Å². The molecular weight excluding hydrogens is 346 g/mol. The van der Waals surface area contributed by atoms with E-state index in [1.165, 1.54) is 7.11 Å². The van der Waals surface area contributed by atoms with Crippen LogP contribution in [0, 0.1) is 6.92 Å². The summed E-state index contributed by atoms with van der Waals surface area (Å²) in [5.74, 6) is 0.657. The molecule has 1 aromatic carbocycles. The standard InChI is InChI=1S/C21H27NO5/c1-13-12-17-15(6-7-16(18(17)26-13)19(23)25-5)14-8-10-22(11-9-14)20(24)27-21(2,3)4/h6-7,12,14H,8-11H2,1-5H3. The van der Waals surface area contributed by atoms with Crippen LogP contribution in [0.25, 0.3) is 11.0 Å². The molecule has 2 aromatic rings. The highest BCUT2D eigenvalue weighted by Gasteiger charge is 2.29.